The van der Waals surface area contributed by atoms with E-state index in [4.69, 9.17) is 5.11 Å². The molecule has 0 aromatic heterocycles. The number of aliphatic carboxylic acids is 1. The summed E-state index contributed by atoms with van der Waals surface area (Å²) in [6, 6.07) is 3.50. The first-order valence-electron chi connectivity index (χ1n) is 6.38. The van der Waals surface area contributed by atoms with Gasteiger partial charge in [0.25, 0.3) is 0 Å². The number of nitrogens with zero attached hydrogens (tertiary/aromatic N) is 1. The predicted molar refractivity (Wildman–Crippen MR) is 68.4 cm³/mol. The van der Waals surface area contributed by atoms with Crippen LogP contribution in [0.4, 0.5) is 4.39 Å². The van der Waals surface area contributed by atoms with Crippen LogP contribution in [-0.4, -0.2) is 33.7 Å². The first-order valence-corrected chi connectivity index (χ1v) is 6.38. The fourth-order valence-corrected chi connectivity index (χ4v) is 2.88. The van der Waals surface area contributed by atoms with Crippen LogP contribution < -0.4 is 0 Å². The van der Waals surface area contributed by atoms with Gasteiger partial charge in [-0.1, -0.05) is 0 Å². The molecule has 2 N–H and O–H groups in total. The van der Waals surface area contributed by atoms with E-state index < -0.39 is 17.7 Å². The number of carboxylic acids is 1. The molecule has 1 aliphatic rings. The van der Waals surface area contributed by atoms with Crippen molar-refractivity contribution in [2.45, 2.75) is 32.4 Å². The minimum absolute atomic E-state index is 0.0416. The molecule has 0 bridgehead atoms. The van der Waals surface area contributed by atoms with Crippen molar-refractivity contribution in [1.29, 1.82) is 0 Å². The van der Waals surface area contributed by atoms with E-state index in [9.17, 15) is 14.3 Å². The van der Waals surface area contributed by atoms with Crippen LogP contribution in [0.25, 0.3) is 0 Å². The van der Waals surface area contributed by atoms with Gasteiger partial charge in [-0.3, -0.25) is 9.69 Å². The number of phenols is 1. The van der Waals surface area contributed by atoms with Gasteiger partial charge in [0.15, 0.2) is 0 Å². The quantitative estimate of drug-likeness (QED) is 0.882. The van der Waals surface area contributed by atoms with Gasteiger partial charge in [-0.2, -0.15) is 0 Å². The van der Waals surface area contributed by atoms with Gasteiger partial charge in [0.2, 0.25) is 0 Å². The number of benzene rings is 1. The molecule has 1 fully saturated rings. The Balaban J connectivity index is 2.23. The van der Waals surface area contributed by atoms with Crippen molar-refractivity contribution in [1.82, 2.24) is 4.90 Å². The van der Waals surface area contributed by atoms with E-state index in [0.29, 0.717) is 18.5 Å². The zero-order chi connectivity index (χ0) is 14.2. The van der Waals surface area contributed by atoms with E-state index in [0.717, 1.165) is 0 Å². The van der Waals surface area contributed by atoms with E-state index in [-0.39, 0.29) is 17.8 Å². The number of hydrogen-bond donors (Lipinski definition) is 2. The van der Waals surface area contributed by atoms with Gasteiger partial charge in [-0.25, -0.2) is 4.39 Å². The lowest BCUT2D eigenvalue weighted by Gasteiger charge is -2.30. The van der Waals surface area contributed by atoms with Crippen LogP contribution in [0.2, 0.25) is 0 Å². The first kappa shape index (κ1) is 13.8. The number of halogens is 1. The minimum atomic E-state index is -0.800. The number of phenolic OH excluding ortho intramolecular Hbond substituents is 1. The molecule has 1 saturated heterocycles. The molecule has 4 nitrogen and oxygen atoms in total. The summed E-state index contributed by atoms with van der Waals surface area (Å²) >= 11 is 0. The maximum absolute atomic E-state index is 13.3. The Hall–Kier alpha value is -1.62. The minimum Gasteiger partial charge on any atom is -0.508 e. The van der Waals surface area contributed by atoms with E-state index >= 15 is 0 Å². The van der Waals surface area contributed by atoms with Gasteiger partial charge in [0.05, 0.1) is 5.92 Å². The zero-order valence-electron chi connectivity index (χ0n) is 11.0. The lowest BCUT2D eigenvalue weighted by molar-refractivity contribution is -0.142. The number of likely N-dealkylation sites (tertiary alicyclic amines) is 1. The Morgan fingerprint density at radius 3 is 2.79 bits per heavy atom. The van der Waals surface area contributed by atoms with Crippen LogP contribution in [0.3, 0.4) is 0 Å². The van der Waals surface area contributed by atoms with Crippen LogP contribution in [0.1, 0.15) is 31.9 Å². The Morgan fingerprint density at radius 1 is 1.53 bits per heavy atom. The van der Waals surface area contributed by atoms with E-state index in [2.05, 4.69) is 0 Å². The molecule has 0 amide bonds. The highest BCUT2D eigenvalue weighted by Crippen LogP contribution is 2.36. The molecule has 104 valence electrons. The van der Waals surface area contributed by atoms with Crippen molar-refractivity contribution in [3.05, 3.63) is 29.6 Å². The van der Waals surface area contributed by atoms with Crippen molar-refractivity contribution >= 4 is 5.97 Å². The highest BCUT2D eigenvalue weighted by Gasteiger charge is 2.38. The zero-order valence-corrected chi connectivity index (χ0v) is 11.0. The summed E-state index contributed by atoms with van der Waals surface area (Å²) in [7, 11) is 0. The topological polar surface area (TPSA) is 60.8 Å². The van der Waals surface area contributed by atoms with Gasteiger partial charge in [-0.15, -0.1) is 0 Å². The molecule has 1 aromatic carbocycles. The van der Waals surface area contributed by atoms with Crippen LogP contribution in [0, 0.1) is 11.7 Å². The van der Waals surface area contributed by atoms with Crippen LogP contribution in [0.15, 0.2) is 18.2 Å². The third-order valence-electron chi connectivity index (χ3n) is 4.06. The van der Waals surface area contributed by atoms with Crippen LogP contribution in [-0.2, 0) is 4.79 Å². The predicted octanol–water partition coefficient (Wildman–Crippen LogP) is 2.39. The molecular formula is C14H18FNO3. The second-order valence-electron chi connectivity index (χ2n) is 5.09. The largest absolute Gasteiger partial charge is 0.508 e. The SMILES string of the molecule is CC(c1cc(F)ccc1O)N1CCC(C(=O)O)C1C. The fourth-order valence-electron chi connectivity index (χ4n) is 2.88. The maximum Gasteiger partial charge on any atom is 0.308 e. The van der Waals surface area contributed by atoms with Crippen LogP contribution >= 0.6 is 0 Å². The molecule has 3 unspecified atom stereocenters. The summed E-state index contributed by atoms with van der Waals surface area (Å²) in [6.07, 6.45) is 0.580. The van der Waals surface area contributed by atoms with Gasteiger partial charge < -0.3 is 10.2 Å². The normalized spacial score (nSPS) is 25.4. The number of carboxylic acid groups (broad SMARTS) is 1. The summed E-state index contributed by atoms with van der Waals surface area (Å²) in [6.45, 7) is 4.35. The molecule has 1 aliphatic heterocycles. The van der Waals surface area contributed by atoms with E-state index in [1.807, 2.05) is 18.7 Å². The lowest BCUT2D eigenvalue weighted by atomic mass is 10.0. The first-order chi connectivity index (χ1) is 8.91. The standard InChI is InChI=1S/C14H18FNO3/c1-8-11(14(18)19)5-6-16(8)9(2)12-7-10(15)3-4-13(12)17/h3-4,7-9,11,17H,5-6H2,1-2H3,(H,18,19). The third-order valence-corrected chi connectivity index (χ3v) is 4.06. The molecule has 0 radical (unpaired) electrons. The van der Waals surface area contributed by atoms with Crippen molar-refractivity contribution in [2.24, 2.45) is 5.92 Å². The van der Waals surface area contributed by atoms with Gasteiger partial charge in [0.1, 0.15) is 11.6 Å². The average Bonchev–Trinajstić information content (AvgIpc) is 2.73. The smallest absolute Gasteiger partial charge is 0.308 e. The van der Waals surface area contributed by atoms with Crippen molar-refractivity contribution in [3.8, 4) is 5.75 Å². The van der Waals surface area contributed by atoms with Crippen LogP contribution in [0.5, 0.6) is 5.75 Å². The molecule has 0 aliphatic carbocycles. The molecule has 1 heterocycles. The summed E-state index contributed by atoms with van der Waals surface area (Å²) in [5.41, 5.74) is 0.498. The molecule has 3 atom stereocenters. The van der Waals surface area contributed by atoms with Crippen molar-refractivity contribution in [3.63, 3.8) is 0 Å². The van der Waals surface area contributed by atoms with Gasteiger partial charge in [-0.05, 0) is 45.0 Å². The number of hydrogen-bond acceptors (Lipinski definition) is 3. The third kappa shape index (κ3) is 2.56. The number of carbonyl (C=O) groups is 1. The Morgan fingerprint density at radius 2 is 2.21 bits per heavy atom. The maximum atomic E-state index is 13.3. The Bertz CT molecular complexity index is 492. The average molecular weight is 267 g/mol. The monoisotopic (exact) mass is 267 g/mol. The second-order valence-corrected chi connectivity index (χ2v) is 5.09. The van der Waals surface area contributed by atoms with E-state index in [1.54, 1.807) is 0 Å². The highest BCUT2D eigenvalue weighted by molar-refractivity contribution is 5.71. The molecule has 19 heavy (non-hydrogen) atoms. The summed E-state index contributed by atoms with van der Waals surface area (Å²) in [5.74, 6) is -1.56. The Labute approximate surface area is 111 Å². The van der Waals surface area contributed by atoms with Crippen molar-refractivity contribution < 1.29 is 19.4 Å². The van der Waals surface area contributed by atoms with Gasteiger partial charge in [0, 0.05) is 17.6 Å². The molecule has 5 heteroatoms. The molecule has 2 rings (SSSR count). The number of rotatable bonds is 3. The summed E-state index contributed by atoms with van der Waals surface area (Å²) < 4.78 is 13.3. The number of aromatic hydroxyl groups is 1. The molecular weight excluding hydrogens is 249 g/mol. The fraction of sp³-hybridized carbons (Fsp3) is 0.500. The highest BCUT2D eigenvalue weighted by atomic mass is 19.1. The van der Waals surface area contributed by atoms with E-state index in [1.165, 1.54) is 18.2 Å². The van der Waals surface area contributed by atoms with Crippen molar-refractivity contribution in [2.75, 3.05) is 6.54 Å². The Kier molecular flexibility index (Phi) is 3.75. The second kappa shape index (κ2) is 5.17. The molecule has 0 saturated carbocycles. The van der Waals surface area contributed by atoms with Gasteiger partial charge >= 0.3 is 5.97 Å². The lowest BCUT2D eigenvalue weighted by Crippen LogP contribution is -2.34. The summed E-state index contributed by atoms with van der Waals surface area (Å²) in [4.78, 5) is 13.1. The summed E-state index contributed by atoms with van der Waals surface area (Å²) in [5, 5.41) is 18.9. The molecule has 0 spiro atoms. The molecule has 1 aromatic rings.